The van der Waals surface area contributed by atoms with E-state index < -0.39 is 23.3 Å². The number of hydrogen-bond donors (Lipinski definition) is 0. The van der Waals surface area contributed by atoms with Gasteiger partial charge in [-0.1, -0.05) is 23.4 Å². The number of hydrogen-bond acceptors (Lipinski definition) is 6. The van der Waals surface area contributed by atoms with Gasteiger partial charge in [0, 0.05) is 18.2 Å². The van der Waals surface area contributed by atoms with Crippen molar-refractivity contribution >= 4 is 22.9 Å². The lowest BCUT2D eigenvalue weighted by Crippen LogP contribution is -2.38. The highest BCUT2D eigenvalue weighted by atomic mass is 19.2. The molecule has 1 aromatic heterocycles. The standard InChI is InChI=1S/C30H30F2N2O5/c1-30(2,3)38-29(35)34(16-18-5-6-18)28-23-13-19(7-12-26(23)39-33-28)17-37-21-10-8-20(9-11-21)22-14-24(31)25(32)15-27(22)36-4/h7-15,18H,5-6,16-17H2,1-4H3. The maximum atomic E-state index is 13.8. The monoisotopic (exact) mass is 536 g/mol. The van der Waals surface area contributed by atoms with Gasteiger partial charge >= 0.3 is 6.09 Å². The summed E-state index contributed by atoms with van der Waals surface area (Å²) in [5, 5.41) is 4.90. The van der Waals surface area contributed by atoms with E-state index in [1.807, 2.05) is 32.9 Å². The summed E-state index contributed by atoms with van der Waals surface area (Å²) in [7, 11) is 1.41. The normalized spacial score (nSPS) is 13.4. The average molecular weight is 537 g/mol. The molecule has 0 N–H and O–H groups in total. The van der Waals surface area contributed by atoms with E-state index in [-0.39, 0.29) is 12.4 Å². The highest BCUT2D eigenvalue weighted by Crippen LogP contribution is 2.36. The van der Waals surface area contributed by atoms with E-state index in [0.717, 1.165) is 30.5 Å². The quantitative estimate of drug-likeness (QED) is 0.232. The number of carbonyl (C=O) groups is 1. The summed E-state index contributed by atoms with van der Waals surface area (Å²) in [5.74, 6) is -0.234. The van der Waals surface area contributed by atoms with Crippen molar-refractivity contribution in [3.05, 3.63) is 71.8 Å². The summed E-state index contributed by atoms with van der Waals surface area (Å²) < 4.78 is 49.7. The van der Waals surface area contributed by atoms with Crippen LogP contribution in [0.4, 0.5) is 19.4 Å². The van der Waals surface area contributed by atoms with Gasteiger partial charge in [0.25, 0.3) is 0 Å². The third-order valence-electron chi connectivity index (χ3n) is 6.34. The van der Waals surface area contributed by atoms with Crippen molar-refractivity contribution in [2.75, 3.05) is 18.6 Å². The number of aromatic nitrogens is 1. The number of rotatable bonds is 8. The number of anilines is 1. The second-order valence-corrected chi connectivity index (χ2v) is 10.7. The third kappa shape index (κ3) is 6.13. The molecule has 1 amide bonds. The molecule has 39 heavy (non-hydrogen) atoms. The number of halogens is 2. The van der Waals surface area contributed by atoms with Crippen LogP contribution in [0.2, 0.25) is 0 Å². The van der Waals surface area contributed by atoms with Crippen molar-refractivity contribution < 1.29 is 32.3 Å². The number of ether oxygens (including phenoxy) is 3. The van der Waals surface area contributed by atoms with E-state index in [9.17, 15) is 13.6 Å². The highest BCUT2D eigenvalue weighted by Gasteiger charge is 2.33. The molecule has 5 rings (SSSR count). The smallest absolute Gasteiger partial charge is 0.416 e. The number of amides is 1. The summed E-state index contributed by atoms with van der Waals surface area (Å²) in [6.45, 7) is 6.27. The fraction of sp³-hybridized carbons (Fsp3) is 0.333. The van der Waals surface area contributed by atoms with E-state index in [2.05, 4.69) is 5.16 Å². The zero-order valence-electron chi connectivity index (χ0n) is 22.3. The molecule has 0 atom stereocenters. The predicted molar refractivity (Wildman–Crippen MR) is 143 cm³/mol. The van der Waals surface area contributed by atoms with E-state index in [1.165, 1.54) is 7.11 Å². The lowest BCUT2D eigenvalue weighted by atomic mass is 10.0. The Morgan fingerprint density at radius 1 is 1.05 bits per heavy atom. The maximum Gasteiger partial charge on any atom is 0.416 e. The van der Waals surface area contributed by atoms with Gasteiger partial charge in [-0.05, 0) is 81.0 Å². The Kier molecular flexibility index (Phi) is 7.16. The first-order chi connectivity index (χ1) is 18.6. The molecule has 1 aliphatic carbocycles. The first-order valence-corrected chi connectivity index (χ1v) is 12.8. The van der Waals surface area contributed by atoms with Crippen LogP contribution in [0.5, 0.6) is 11.5 Å². The van der Waals surface area contributed by atoms with Crippen molar-refractivity contribution in [2.24, 2.45) is 5.92 Å². The molecule has 0 spiro atoms. The second-order valence-electron chi connectivity index (χ2n) is 10.7. The van der Waals surface area contributed by atoms with Gasteiger partial charge in [0.05, 0.1) is 12.5 Å². The van der Waals surface area contributed by atoms with E-state index in [1.54, 1.807) is 35.2 Å². The Morgan fingerprint density at radius 3 is 2.44 bits per heavy atom. The lowest BCUT2D eigenvalue weighted by molar-refractivity contribution is 0.0576. The third-order valence-corrected chi connectivity index (χ3v) is 6.34. The first kappa shape index (κ1) is 26.5. The van der Waals surface area contributed by atoms with E-state index >= 15 is 0 Å². The van der Waals surface area contributed by atoms with Crippen molar-refractivity contribution in [3.8, 4) is 22.6 Å². The van der Waals surface area contributed by atoms with Gasteiger partial charge in [-0.3, -0.25) is 4.90 Å². The molecule has 204 valence electrons. The van der Waals surface area contributed by atoms with Crippen LogP contribution in [-0.4, -0.2) is 30.5 Å². The number of carbonyl (C=O) groups excluding carboxylic acids is 1. The second kappa shape index (κ2) is 10.6. The molecular formula is C30H30F2N2O5. The van der Waals surface area contributed by atoms with Crippen molar-refractivity contribution in [2.45, 2.75) is 45.8 Å². The predicted octanol–water partition coefficient (Wildman–Crippen LogP) is 7.51. The van der Waals surface area contributed by atoms with E-state index in [4.69, 9.17) is 18.7 Å². The lowest BCUT2D eigenvalue weighted by Gasteiger charge is -2.26. The van der Waals surface area contributed by atoms with Gasteiger partial charge in [0.1, 0.15) is 23.7 Å². The van der Waals surface area contributed by atoms with Crippen LogP contribution >= 0.6 is 0 Å². The largest absolute Gasteiger partial charge is 0.496 e. The number of nitrogens with zero attached hydrogens (tertiary/aromatic N) is 2. The minimum Gasteiger partial charge on any atom is -0.496 e. The number of methoxy groups -OCH3 is 1. The van der Waals surface area contributed by atoms with Gasteiger partial charge in [-0.2, -0.15) is 0 Å². The van der Waals surface area contributed by atoms with Gasteiger partial charge in [-0.15, -0.1) is 0 Å². The molecule has 9 heteroatoms. The van der Waals surface area contributed by atoms with Gasteiger partial charge < -0.3 is 18.7 Å². The van der Waals surface area contributed by atoms with Gasteiger partial charge in [-0.25, -0.2) is 13.6 Å². The van der Waals surface area contributed by atoms with Gasteiger partial charge in [0.2, 0.25) is 0 Å². The SMILES string of the molecule is COc1cc(F)c(F)cc1-c1ccc(OCc2ccc3onc(N(CC4CC4)C(=O)OC(C)(C)C)c3c2)cc1. The number of fused-ring (bicyclic) bond motifs is 1. The molecule has 0 radical (unpaired) electrons. The van der Waals surface area contributed by atoms with Crippen LogP contribution in [0, 0.1) is 17.6 Å². The summed E-state index contributed by atoms with van der Waals surface area (Å²) in [6.07, 6.45) is 1.68. The van der Waals surface area contributed by atoms with Crippen LogP contribution < -0.4 is 14.4 Å². The summed E-state index contributed by atoms with van der Waals surface area (Å²) >= 11 is 0. The van der Waals surface area contributed by atoms with Crippen LogP contribution in [-0.2, 0) is 11.3 Å². The molecule has 1 heterocycles. The molecule has 1 saturated carbocycles. The molecule has 1 aliphatic rings. The maximum absolute atomic E-state index is 13.8. The Hall–Kier alpha value is -4.14. The topological polar surface area (TPSA) is 74.0 Å². The van der Waals surface area contributed by atoms with Gasteiger partial charge in [0.15, 0.2) is 23.0 Å². The minimum absolute atomic E-state index is 0.238. The molecule has 7 nitrogen and oxygen atoms in total. The van der Waals surface area contributed by atoms with Crippen molar-refractivity contribution in [1.29, 1.82) is 0 Å². The van der Waals surface area contributed by atoms with Crippen molar-refractivity contribution in [1.82, 2.24) is 5.16 Å². The average Bonchev–Trinajstić information content (AvgIpc) is 3.63. The van der Waals surface area contributed by atoms with Crippen LogP contribution in [0.15, 0.2) is 59.1 Å². The summed E-state index contributed by atoms with van der Waals surface area (Å²) in [6, 6.07) is 14.7. The molecule has 0 bridgehead atoms. The highest BCUT2D eigenvalue weighted by molar-refractivity contribution is 5.98. The summed E-state index contributed by atoms with van der Waals surface area (Å²) in [5.41, 5.74) is 1.88. The Bertz CT molecular complexity index is 1490. The zero-order chi connectivity index (χ0) is 27.7. The summed E-state index contributed by atoms with van der Waals surface area (Å²) in [4.78, 5) is 14.6. The Balaban J connectivity index is 1.33. The molecule has 0 saturated heterocycles. The molecular weight excluding hydrogens is 506 g/mol. The minimum atomic E-state index is -0.967. The molecule has 0 aliphatic heterocycles. The molecule has 3 aromatic carbocycles. The van der Waals surface area contributed by atoms with Crippen LogP contribution in [0.1, 0.15) is 39.2 Å². The van der Waals surface area contributed by atoms with Crippen LogP contribution in [0.3, 0.4) is 0 Å². The molecule has 4 aromatic rings. The number of benzene rings is 3. The Labute approximate surface area is 225 Å². The zero-order valence-corrected chi connectivity index (χ0v) is 22.3. The van der Waals surface area contributed by atoms with Crippen LogP contribution in [0.25, 0.3) is 22.1 Å². The molecule has 0 unspecified atom stereocenters. The van der Waals surface area contributed by atoms with E-state index in [0.29, 0.717) is 46.1 Å². The first-order valence-electron chi connectivity index (χ1n) is 12.8. The fourth-order valence-electron chi connectivity index (χ4n) is 4.20. The Morgan fingerprint density at radius 2 is 1.77 bits per heavy atom. The fourth-order valence-corrected chi connectivity index (χ4v) is 4.20. The van der Waals surface area contributed by atoms with Crippen molar-refractivity contribution in [3.63, 3.8) is 0 Å². The molecule has 1 fully saturated rings.